The second-order valence-corrected chi connectivity index (χ2v) is 3.73. The summed E-state index contributed by atoms with van der Waals surface area (Å²) in [6.45, 7) is 1.04. The Labute approximate surface area is 94.0 Å². The molecule has 1 unspecified atom stereocenters. The highest BCUT2D eigenvalue weighted by molar-refractivity contribution is 5.69. The number of ether oxygens (including phenoxy) is 1. The number of rotatable bonds is 3. The van der Waals surface area contributed by atoms with E-state index in [9.17, 15) is 4.79 Å². The Morgan fingerprint density at radius 2 is 2.19 bits per heavy atom. The lowest BCUT2D eigenvalue weighted by Gasteiger charge is -2.12. The summed E-state index contributed by atoms with van der Waals surface area (Å²) in [6.07, 6.45) is -0.345. The lowest BCUT2D eigenvalue weighted by molar-refractivity contribution is 0.133. The zero-order valence-corrected chi connectivity index (χ0v) is 8.80. The van der Waals surface area contributed by atoms with Crippen LogP contribution < -0.4 is 0 Å². The maximum absolute atomic E-state index is 11.5. The molecule has 0 radical (unpaired) electrons. The number of hydrogen-bond donors (Lipinski definition) is 0. The summed E-state index contributed by atoms with van der Waals surface area (Å²) in [5.41, 5.74) is 1.07. The zero-order chi connectivity index (χ0) is 11.4. The van der Waals surface area contributed by atoms with Crippen LogP contribution in [0.2, 0.25) is 0 Å². The predicted molar refractivity (Wildman–Crippen MR) is 57.4 cm³/mol. The van der Waals surface area contributed by atoms with Crippen molar-refractivity contribution in [1.29, 1.82) is 5.26 Å². The highest BCUT2D eigenvalue weighted by atomic mass is 16.6. The highest BCUT2D eigenvalue weighted by Gasteiger charge is 2.30. The summed E-state index contributed by atoms with van der Waals surface area (Å²) in [6, 6.07) is 11.7. The maximum Gasteiger partial charge on any atom is 0.410 e. The highest BCUT2D eigenvalue weighted by Crippen LogP contribution is 2.16. The molecule has 2 rings (SSSR count). The predicted octanol–water partition coefficient (Wildman–Crippen LogP) is 1.92. The van der Waals surface area contributed by atoms with E-state index in [1.165, 1.54) is 0 Å². The number of nitriles is 1. The quantitative estimate of drug-likeness (QED) is 0.775. The van der Waals surface area contributed by atoms with Crippen molar-refractivity contribution in [1.82, 2.24) is 4.90 Å². The van der Waals surface area contributed by atoms with Crippen LogP contribution in [0, 0.1) is 11.3 Å². The van der Waals surface area contributed by atoms with Gasteiger partial charge in [0.25, 0.3) is 0 Å². The summed E-state index contributed by atoms with van der Waals surface area (Å²) in [5.74, 6) is 0. The molecular weight excluding hydrogens is 204 g/mol. The van der Waals surface area contributed by atoms with Gasteiger partial charge in [0.1, 0.15) is 6.10 Å². The van der Waals surface area contributed by atoms with E-state index in [0.29, 0.717) is 13.1 Å². The van der Waals surface area contributed by atoms with Crippen LogP contribution in [0.15, 0.2) is 30.3 Å². The van der Waals surface area contributed by atoms with E-state index >= 15 is 0 Å². The molecule has 1 heterocycles. The summed E-state index contributed by atoms with van der Waals surface area (Å²) >= 11 is 0. The monoisotopic (exact) mass is 216 g/mol. The first kappa shape index (κ1) is 10.5. The molecule has 1 atom stereocenters. The van der Waals surface area contributed by atoms with Crippen LogP contribution in [-0.4, -0.2) is 23.6 Å². The fourth-order valence-electron chi connectivity index (χ4n) is 1.72. The molecule has 1 fully saturated rings. The van der Waals surface area contributed by atoms with Gasteiger partial charge < -0.3 is 9.64 Å². The van der Waals surface area contributed by atoms with Crippen molar-refractivity contribution >= 4 is 6.09 Å². The van der Waals surface area contributed by atoms with Gasteiger partial charge >= 0.3 is 6.09 Å². The van der Waals surface area contributed by atoms with Gasteiger partial charge in [-0.15, -0.1) is 0 Å². The molecule has 0 saturated carbocycles. The van der Waals surface area contributed by atoms with Gasteiger partial charge in [-0.05, 0) is 5.56 Å². The summed E-state index contributed by atoms with van der Waals surface area (Å²) < 4.78 is 5.05. The third kappa shape index (κ3) is 2.31. The van der Waals surface area contributed by atoms with Crippen molar-refractivity contribution in [3.05, 3.63) is 35.9 Å². The molecule has 1 aliphatic heterocycles. The second kappa shape index (κ2) is 4.67. The van der Waals surface area contributed by atoms with Crippen LogP contribution in [-0.2, 0) is 11.3 Å². The van der Waals surface area contributed by atoms with E-state index in [4.69, 9.17) is 10.00 Å². The lowest BCUT2D eigenvalue weighted by Crippen LogP contribution is -2.24. The topological polar surface area (TPSA) is 53.3 Å². The van der Waals surface area contributed by atoms with Crippen LogP contribution in [0.3, 0.4) is 0 Å². The van der Waals surface area contributed by atoms with Crippen molar-refractivity contribution in [2.45, 2.75) is 19.1 Å². The van der Waals surface area contributed by atoms with E-state index in [2.05, 4.69) is 0 Å². The third-order valence-corrected chi connectivity index (χ3v) is 2.48. The Bertz CT molecular complexity index is 411. The van der Waals surface area contributed by atoms with Gasteiger partial charge in [-0.2, -0.15) is 5.26 Å². The minimum Gasteiger partial charge on any atom is -0.443 e. The molecule has 1 saturated heterocycles. The molecule has 4 heteroatoms. The Morgan fingerprint density at radius 1 is 1.44 bits per heavy atom. The number of nitrogens with zero attached hydrogens (tertiary/aromatic N) is 2. The second-order valence-electron chi connectivity index (χ2n) is 3.73. The van der Waals surface area contributed by atoms with Gasteiger partial charge in [-0.3, -0.25) is 0 Å². The average molecular weight is 216 g/mol. The van der Waals surface area contributed by atoms with Gasteiger partial charge in [-0.25, -0.2) is 4.79 Å². The van der Waals surface area contributed by atoms with Crippen molar-refractivity contribution in [2.24, 2.45) is 0 Å². The van der Waals surface area contributed by atoms with Crippen molar-refractivity contribution in [2.75, 3.05) is 6.54 Å². The molecule has 0 aromatic heterocycles. The van der Waals surface area contributed by atoms with Gasteiger partial charge in [0, 0.05) is 6.54 Å². The summed E-state index contributed by atoms with van der Waals surface area (Å²) in [5, 5.41) is 8.53. The molecule has 0 bridgehead atoms. The molecule has 1 aromatic carbocycles. The lowest BCUT2D eigenvalue weighted by atomic mass is 10.2. The average Bonchev–Trinajstić information content (AvgIpc) is 2.61. The zero-order valence-electron chi connectivity index (χ0n) is 8.80. The van der Waals surface area contributed by atoms with Gasteiger partial charge in [0.2, 0.25) is 0 Å². The minimum absolute atomic E-state index is 0.261. The Balaban J connectivity index is 1.97. The minimum atomic E-state index is -0.330. The standard InChI is InChI=1S/C12H12N2O2/c13-7-6-11-9-14(12(15)16-11)8-10-4-2-1-3-5-10/h1-5,11H,6,8-9H2. The number of carbonyl (C=O) groups is 1. The maximum atomic E-state index is 11.5. The van der Waals surface area contributed by atoms with E-state index in [0.717, 1.165) is 5.56 Å². The Hall–Kier alpha value is -2.02. The van der Waals surface area contributed by atoms with Crippen LogP contribution >= 0.6 is 0 Å². The van der Waals surface area contributed by atoms with Gasteiger partial charge in [0.15, 0.2) is 0 Å². The fourth-order valence-corrected chi connectivity index (χ4v) is 1.72. The molecule has 82 valence electrons. The van der Waals surface area contributed by atoms with Crippen molar-refractivity contribution in [3.63, 3.8) is 0 Å². The first-order valence-electron chi connectivity index (χ1n) is 5.16. The Morgan fingerprint density at radius 3 is 2.88 bits per heavy atom. The molecule has 1 aliphatic rings. The molecule has 0 aliphatic carbocycles. The first-order chi connectivity index (χ1) is 7.79. The Kier molecular flexibility index (Phi) is 3.06. The van der Waals surface area contributed by atoms with Gasteiger partial charge in [-0.1, -0.05) is 30.3 Å². The molecule has 4 nitrogen and oxygen atoms in total. The van der Waals surface area contributed by atoms with Crippen LogP contribution in [0.1, 0.15) is 12.0 Å². The molecule has 1 amide bonds. The summed E-state index contributed by atoms with van der Waals surface area (Å²) in [4.78, 5) is 13.1. The number of hydrogen-bond acceptors (Lipinski definition) is 3. The number of benzene rings is 1. The van der Waals surface area contributed by atoms with E-state index in [1.54, 1.807) is 4.90 Å². The van der Waals surface area contributed by atoms with Crippen molar-refractivity contribution < 1.29 is 9.53 Å². The normalized spacial score (nSPS) is 19.3. The number of carbonyl (C=O) groups excluding carboxylic acids is 1. The molecule has 16 heavy (non-hydrogen) atoms. The van der Waals surface area contributed by atoms with Crippen LogP contribution in [0.5, 0.6) is 0 Å². The van der Waals surface area contributed by atoms with E-state index in [1.807, 2.05) is 36.4 Å². The smallest absolute Gasteiger partial charge is 0.410 e. The summed E-state index contributed by atoms with van der Waals surface area (Å²) in [7, 11) is 0. The number of amides is 1. The van der Waals surface area contributed by atoms with E-state index < -0.39 is 0 Å². The van der Waals surface area contributed by atoms with Crippen LogP contribution in [0.25, 0.3) is 0 Å². The molecular formula is C12H12N2O2. The SMILES string of the molecule is N#CCC1CN(Cc2ccccc2)C(=O)O1. The fraction of sp³-hybridized carbons (Fsp3) is 0.333. The third-order valence-electron chi connectivity index (χ3n) is 2.48. The molecule has 0 N–H and O–H groups in total. The van der Waals surface area contributed by atoms with E-state index in [-0.39, 0.29) is 18.6 Å². The first-order valence-corrected chi connectivity index (χ1v) is 5.16. The molecule has 1 aromatic rings. The van der Waals surface area contributed by atoms with Crippen molar-refractivity contribution in [3.8, 4) is 6.07 Å². The van der Waals surface area contributed by atoms with Gasteiger partial charge in [0.05, 0.1) is 19.0 Å². The van der Waals surface area contributed by atoms with Crippen LogP contribution in [0.4, 0.5) is 4.79 Å². The molecule has 0 spiro atoms. The number of cyclic esters (lactones) is 1. The largest absolute Gasteiger partial charge is 0.443 e.